The van der Waals surface area contributed by atoms with Crippen LogP contribution in [0.15, 0.2) is 36.4 Å². The fourth-order valence-corrected chi connectivity index (χ4v) is 2.75. The van der Waals surface area contributed by atoms with Crippen molar-refractivity contribution in [3.63, 3.8) is 0 Å². The molecule has 1 aliphatic rings. The second kappa shape index (κ2) is 5.43. The standard InChI is InChI=1S/C16H14ClFO2/c17-14-9-12(18)5-4-11(14)8-15(19)13-3-1-2-10-6-7-20-16(10)13/h1-5,9,15,19H,6-8H2. The molecule has 1 N–H and O–H groups in total. The van der Waals surface area contributed by atoms with Crippen molar-refractivity contribution in [2.75, 3.05) is 6.61 Å². The topological polar surface area (TPSA) is 29.5 Å². The van der Waals surface area contributed by atoms with Crippen molar-refractivity contribution in [3.8, 4) is 5.75 Å². The summed E-state index contributed by atoms with van der Waals surface area (Å²) < 4.78 is 18.6. The average Bonchev–Trinajstić information content (AvgIpc) is 2.90. The Morgan fingerprint density at radius 3 is 2.95 bits per heavy atom. The predicted octanol–water partition coefficient (Wildman–Crippen LogP) is 3.69. The van der Waals surface area contributed by atoms with Crippen LogP contribution >= 0.6 is 11.6 Å². The maximum atomic E-state index is 13.0. The molecule has 0 saturated carbocycles. The van der Waals surface area contributed by atoms with Crippen molar-refractivity contribution in [3.05, 3.63) is 63.9 Å². The van der Waals surface area contributed by atoms with Gasteiger partial charge in [0.25, 0.3) is 0 Å². The first kappa shape index (κ1) is 13.4. The monoisotopic (exact) mass is 292 g/mol. The van der Waals surface area contributed by atoms with Crippen LogP contribution in [-0.4, -0.2) is 11.7 Å². The quantitative estimate of drug-likeness (QED) is 0.935. The van der Waals surface area contributed by atoms with Crippen LogP contribution in [0.4, 0.5) is 4.39 Å². The number of ether oxygens (including phenoxy) is 1. The molecule has 20 heavy (non-hydrogen) atoms. The fourth-order valence-electron chi connectivity index (χ4n) is 2.51. The highest BCUT2D eigenvalue weighted by atomic mass is 35.5. The molecule has 2 aromatic rings. The summed E-state index contributed by atoms with van der Waals surface area (Å²) >= 11 is 6.00. The van der Waals surface area contributed by atoms with E-state index in [2.05, 4.69) is 0 Å². The van der Waals surface area contributed by atoms with Crippen LogP contribution in [0.25, 0.3) is 0 Å². The predicted molar refractivity (Wildman–Crippen MR) is 75.7 cm³/mol. The molecule has 1 atom stereocenters. The highest BCUT2D eigenvalue weighted by Crippen LogP contribution is 2.35. The van der Waals surface area contributed by atoms with Gasteiger partial charge in [0.1, 0.15) is 11.6 Å². The van der Waals surface area contributed by atoms with Crippen LogP contribution in [0.2, 0.25) is 5.02 Å². The van der Waals surface area contributed by atoms with Crippen LogP contribution < -0.4 is 4.74 Å². The number of hydrogen-bond acceptors (Lipinski definition) is 2. The molecule has 1 unspecified atom stereocenters. The van der Waals surface area contributed by atoms with Gasteiger partial charge in [-0.15, -0.1) is 0 Å². The third kappa shape index (κ3) is 2.51. The third-order valence-corrected chi connectivity index (χ3v) is 3.88. The molecule has 0 bridgehead atoms. The summed E-state index contributed by atoms with van der Waals surface area (Å²) in [4.78, 5) is 0. The first-order chi connectivity index (χ1) is 9.65. The lowest BCUT2D eigenvalue weighted by atomic mass is 9.98. The van der Waals surface area contributed by atoms with E-state index in [-0.39, 0.29) is 5.82 Å². The molecule has 104 valence electrons. The molecule has 0 spiro atoms. The van der Waals surface area contributed by atoms with Crippen molar-refractivity contribution >= 4 is 11.6 Å². The molecule has 0 radical (unpaired) electrons. The number of aliphatic hydroxyl groups excluding tert-OH is 1. The molecule has 2 nitrogen and oxygen atoms in total. The van der Waals surface area contributed by atoms with Crippen molar-refractivity contribution in [1.82, 2.24) is 0 Å². The van der Waals surface area contributed by atoms with E-state index in [0.29, 0.717) is 18.1 Å². The average molecular weight is 293 g/mol. The van der Waals surface area contributed by atoms with Crippen LogP contribution in [-0.2, 0) is 12.8 Å². The second-order valence-electron chi connectivity index (χ2n) is 4.89. The van der Waals surface area contributed by atoms with Crippen molar-refractivity contribution in [1.29, 1.82) is 0 Å². The number of fused-ring (bicyclic) bond motifs is 1. The zero-order valence-corrected chi connectivity index (χ0v) is 11.5. The maximum absolute atomic E-state index is 13.0. The van der Waals surface area contributed by atoms with E-state index in [1.54, 1.807) is 6.07 Å². The van der Waals surface area contributed by atoms with Gasteiger partial charge in [-0.1, -0.05) is 35.9 Å². The maximum Gasteiger partial charge on any atom is 0.128 e. The van der Waals surface area contributed by atoms with Gasteiger partial charge >= 0.3 is 0 Å². The third-order valence-electron chi connectivity index (χ3n) is 3.53. The molecule has 1 heterocycles. The molecular weight excluding hydrogens is 279 g/mol. The second-order valence-corrected chi connectivity index (χ2v) is 5.30. The van der Waals surface area contributed by atoms with E-state index in [0.717, 1.165) is 28.9 Å². The Balaban J connectivity index is 1.86. The number of rotatable bonds is 3. The lowest BCUT2D eigenvalue weighted by molar-refractivity contribution is 0.173. The van der Waals surface area contributed by atoms with Gasteiger partial charge < -0.3 is 9.84 Å². The number of para-hydroxylation sites is 1. The highest BCUT2D eigenvalue weighted by Gasteiger charge is 2.21. The van der Waals surface area contributed by atoms with Crippen molar-refractivity contribution < 1.29 is 14.2 Å². The van der Waals surface area contributed by atoms with Crippen LogP contribution in [0, 0.1) is 5.82 Å². The Kier molecular flexibility index (Phi) is 3.64. The van der Waals surface area contributed by atoms with E-state index < -0.39 is 6.10 Å². The first-order valence-electron chi connectivity index (χ1n) is 6.52. The van der Waals surface area contributed by atoms with Gasteiger partial charge in [-0.2, -0.15) is 0 Å². The molecular formula is C16H14ClFO2. The summed E-state index contributed by atoms with van der Waals surface area (Å²) in [5.41, 5.74) is 2.60. The zero-order chi connectivity index (χ0) is 14.1. The molecule has 2 aromatic carbocycles. The number of benzene rings is 2. The summed E-state index contributed by atoms with van der Waals surface area (Å²) in [5, 5.41) is 10.7. The van der Waals surface area contributed by atoms with Gasteiger partial charge in [-0.25, -0.2) is 4.39 Å². The lowest BCUT2D eigenvalue weighted by Crippen LogP contribution is -2.04. The summed E-state index contributed by atoms with van der Waals surface area (Å²) in [6.45, 7) is 0.649. The summed E-state index contributed by atoms with van der Waals surface area (Å²) in [7, 11) is 0. The number of aliphatic hydroxyl groups is 1. The Bertz CT molecular complexity index is 642. The summed E-state index contributed by atoms with van der Waals surface area (Å²) in [6, 6.07) is 9.98. The first-order valence-corrected chi connectivity index (χ1v) is 6.89. The number of halogens is 2. The van der Waals surface area contributed by atoms with Crippen LogP contribution in [0.5, 0.6) is 5.75 Å². The zero-order valence-electron chi connectivity index (χ0n) is 10.8. The van der Waals surface area contributed by atoms with Crippen molar-refractivity contribution in [2.45, 2.75) is 18.9 Å². The van der Waals surface area contributed by atoms with Gasteiger partial charge in [0.05, 0.1) is 12.7 Å². The normalized spacial score (nSPS) is 14.8. The van der Waals surface area contributed by atoms with E-state index >= 15 is 0 Å². The Morgan fingerprint density at radius 1 is 1.30 bits per heavy atom. The smallest absolute Gasteiger partial charge is 0.128 e. The van der Waals surface area contributed by atoms with E-state index in [9.17, 15) is 9.50 Å². The van der Waals surface area contributed by atoms with Gasteiger partial charge in [-0.05, 0) is 23.3 Å². The molecule has 3 rings (SSSR count). The van der Waals surface area contributed by atoms with Crippen LogP contribution in [0.1, 0.15) is 22.8 Å². The van der Waals surface area contributed by atoms with Gasteiger partial charge in [0.2, 0.25) is 0 Å². The fraction of sp³-hybridized carbons (Fsp3) is 0.250. The van der Waals surface area contributed by atoms with E-state index in [1.165, 1.54) is 12.1 Å². The molecule has 0 aliphatic carbocycles. The molecule has 0 amide bonds. The Hall–Kier alpha value is -1.58. The largest absolute Gasteiger partial charge is 0.493 e. The van der Waals surface area contributed by atoms with Gasteiger partial charge in [-0.3, -0.25) is 0 Å². The van der Waals surface area contributed by atoms with E-state index in [4.69, 9.17) is 16.3 Å². The molecule has 4 heteroatoms. The summed E-state index contributed by atoms with van der Waals surface area (Å²) in [5.74, 6) is 0.399. The minimum Gasteiger partial charge on any atom is -0.493 e. The SMILES string of the molecule is OC(Cc1ccc(F)cc1Cl)c1cccc2c1OCC2. The highest BCUT2D eigenvalue weighted by molar-refractivity contribution is 6.31. The molecule has 0 aromatic heterocycles. The molecule has 0 fully saturated rings. The summed E-state index contributed by atoms with van der Waals surface area (Å²) in [6.07, 6.45) is 0.484. The van der Waals surface area contributed by atoms with E-state index in [1.807, 2.05) is 18.2 Å². The number of hydrogen-bond donors (Lipinski definition) is 1. The Morgan fingerprint density at radius 2 is 2.15 bits per heavy atom. The lowest BCUT2D eigenvalue weighted by Gasteiger charge is -2.15. The van der Waals surface area contributed by atoms with Gasteiger partial charge in [0, 0.05) is 23.4 Å². The molecule has 0 saturated heterocycles. The van der Waals surface area contributed by atoms with Gasteiger partial charge in [0.15, 0.2) is 0 Å². The van der Waals surface area contributed by atoms with Crippen molar-refractivity contribution in [2.24, 2.45) is 0 Å². The molecule has 1 aliphatic heterocycles. The minimum absolute atomic E-state index is 0.331. The van der Waals surface area contributed by atoms with Crippen LogP contribution in [0.3, 0.4) is 0 Å². The minimum atomic E-state index is -0.717. The Labute approximate surface area is 121 Å².